The van der Waals surface area contributed by atoms with E-state index in [9.17, 15) is 0 Å². The van der Waals surface area contributed by atoms with Crippen LogP contribution in [0.4, 0.5) is 0 Å². The zero-order valence-electron chi connectivity index (χ0n) is 17.0. The Kier molecular flexibility index (Phi) is 9.85. The van der Waals surface area contributed by atoms with Crippen molar-refractivity contribution < 1.29 is 0 Å². The van der Waals surface area contributed by atoms with Gasteiger partial charge < -0.3 is 10.6 Å². The second-order valence-corrected chi connectivity index (χ2v) is 8.09. The summed E-state index contributed by atoms with van der Waals surface area (Å²) >= 11 is 0. The third kappa shape index (κ3) is 7.39. The number of nitrogens with zero attached hydrogens (tertiary/aromatic N) is 3. The molecule has 0 bridgehead atoms. The molecule has 2 heterocycles. The van der Waals surface area contributed by atoms with E-state index < -0.39 is 0 Å². The number of piperidine rings is 1. The molecule has 148 valence electrons. The van der Waals surface area contributed by atoms with E-state index in [-0.39, 0.29) is 29.5 Å². The molecule has 2 unspecified atom stereocenters. The molecule has 6 heteroatoms. The van der Waals surface area contributed by atoms with E-state index in [1.807, 2.05) is 25.4 Å². The number of guanidine groups is 1. The van der Waals surface area contributed by atoms with Crippen molar-refractivity contribution >= 4 is 29.9 Å². The van der Waals surface area contributed by atoms with Gasteiger partial charge in [0, 0.05) is 57.1 Å². The van der Waals surface area contributed by atoms with Crippen molar-refractivity contribution in [3.05, 3.63) is 30.1 Å². The number of nitrogens with one attached hydrogen (secondary N) is 2. The third-order valence-electron chi connectivity index (χ3n) is 5.04. The first-order chi connectivity index (χ1) is 11.9. The van der Waals surface area contributed by atoms with Gasteiger partial charge in [-0.15, -0.1) is 24.0 Å². The molecule has 0 spiro atoms. The number of rotatable bonds is 6. The van der Waals surface area contributed by atoms with Crippen LogP contribution in [0.2, 0.25) is 0 Å². The first kappa shape index (κ1) is 23.1. The zero-order chi connectivity index (χ0) is 18.3. The number of halogens is 1. The first-order valence-electron chi connectivity index (χ1n) is 9.50. The van der Waals surface area contributed by atoms with Crippen LogP contribution in [0.25, 0.3) is 0 Å². The van der Waals surface area contributed by atoms with Crippen LogP contribution in [0.3, 0.4) is 0 Å². The van der Waals surface area contributed by atoms with Gasteiger partial charge in [-0.1, -0.05) is 19.9 Å². The molecule has 0 aliphatic carbocycles. The molecule has 1 aromatic heterocycles. The van der Waals surface area contributed by atoms with Gasteiger partial charge in [0.2, 0.25) is 0 Å². The Bertz CT molecular complexity index is 536. The molecule has 2 rings (SSSR count). The van der Waals surface area contributed by atoms with Crippen LogP contribution in [0.1, 0.15) is 39.8 Å². The molecule has 1 fully saturated rings. The molecule has 0 amide bonds. The lowest BCUT2D eigenvalue weighted by molar-refractivity contribution is 0.0483. The Morgan fingerprint density at radius 2 is 1.92 bits per heavy atom. The number of hydrogen-bond donors (Lipinski definition) is 2. The normalized spacial score (nSPS) is 21.8. The second-order valence-electron chi connectivity index (χ2n) is 8.09. The van der Waals surface area contributed by atoms with Crippen molar-refractivity contribution in [3.8, 4) is 0 Å². The fourth-order valence-corrected chi connectivity index (χ4v) is 3.64. The van der Waals surface area contributed by atoms with Crippen LogP contribution >= 0.6 is 24.0 Å². The average Bonchev–Trinajstić information content (AvgIpc) is 2.58. The van der Waals surface area contributed by atoms with Gasteiger partial charge in [0.1, 0.15) is 0 Å². The average molecular weight is 473 g/mol. The van der Waals surface area contributed by atoms with Crippen LogP contribution in [0.15, 0.2) is 29.4 Å². The highest BCUT2D eigenvalue weighted by molar-refractivity contribution is 14.0. The van der Waals surface area contributed by atoms with Gasteiger partial charge in [-0.2, -0.15) is 0 Å². The molecule has 1 saturated heterocycles. The Morgan fingerprint density at radius 3 is 2.50 bits per heavy atom. The van der Waals surface area contributed by atoms with Gasteiger partial charge in [0.25, 0.3) is 0 Å². The lowest BCUT2D eigenvalue weighted by Gasteiger charge is -2.45. The SMILES string of the molecule is CN=C(NCCc1ccccn1)NCC(C)(C)N1CC(C)CC(C)C1.I. The summed E-state index contributed by atoms with van der Waals surface area (Å²) in [5.41, 5.74) is 1.21. The van der Waals surface area contributed by atoms with Crippen LogP contribution in [-0.4, -0.2) is 54.6 Å². The lowest BCUT2D eigenvalue weighted by atomic mass is 9.88. The predicted octanol–water partition coefficient (Wildman–Crippen LogP) is 3.16. The highest BCUT2D eigenvalue weighted by Gasteiger charge is 2.32. The van der Waals surface area contributed by atoms with Crippen molar-refractivity contribution in [2.24, 2.45) is 16.8 Å². The maximum absolute atomic E-state index is 4.36. The maximum Gasteiger partial charge on any atom is 0.191 e. The quantitative estimate of drug-likeness (QED) is 0.379. The highest BCUT2D eigenvalue weighted by Crippen LogP contribution is 2.26. The molecule has 2 N–H and O–H groups in total. The molecule has 0 aromatic carbocycles. The standard InChI is InChI=1S/C20H35N5.HI/c1-16-12-17(2)14-25(13-16)20(3,4)15-24-19(21-5)23-11-9-18-8-6-7-10-22-18;/h6-8,10,16-17H,9,11-15H2,1-5H3,(H2,21,23,24);1H. The number of hydrogen-bond acceptors (Lipinski definition) is 3. The smallest absolute Gasteiger partial charge is 0.191 e. The van der Waals surface area contributed by atoms with Crippen LogP contribution in [0, 0.1) is 11.8 Å². The van der Waals surface area contributed by atoms with Crippen molar-refractivity contribution in [1.29, 1.82) is 0 Å². The van der Waals surface area contributed by atoms with E-state index in [1.54, 1.807) is 0 Å². The summed E-state index contributed by atoms with van der Waals surface area (Å²) in [5, 5.41) is 6.89. The molecule has 0 saturated carbocycles. The second kappa shape index (κ2) is 11.1. The minimum absolute atomic E-state index is 0. The molecule has 26 heavy (non-hydrogen) atoms. The summed E-state index contributed by atoms with van der Waals surface area (Å²) in [6.45, 7) is 13.5. The predicted molar refractivity (Wildman–Crippen MR) is 121 cm³/mol. The summed E-state index contributed by atoms with van der Waals surface area (Å²) in [5.74, 6) is 2.42. The maximum atomic E-state index is 4.36. The number of aromatic nitrogens is 1. The molecule has 5 nitrogen and oxygen atoms in total. The molecule has 1 aliphatic rings. The molecular weight excluding hydrogens is 437 g/mol. The van der Waals surface area contributed by atoms with Gasteiger partial charge >= 0.3 is 0 Å². The van der Waals surface area contributed by atoms with Crippen LogP contribution < -0.4 is 10.6 Å². The van der Waals surface area contributed by atoms with E-state index in [0.29, 0.717) is 0 Å². The fourth-order valence-electron chi connectivity index (χ4n) is 3.64. The van der Waals surface area contributed by atoms with Gasteiger partial charge in [-0.25, -0.2) is 0 Å². The Hall–Kier alpha value is -0.890. The van der Waals surface area contributed by atoms with Gasteiger partial charge in [0.05, 0.1) is 0 Å². The Labute approximate surface area is 176 Å². The molecule has 2 atom stereocenters. The Morgan fingerprint density at radius 1 is 1.23 bits per heavy atom. The molecule has 1 aliphatic heterocycles. The first-order valence-corrected chi connectivity index (χ1v) is 9.50. The van der Waals surface area contributed by atoms with E-state index in [1.165, 1.54) is 19.5 Å². The van der Waals surface area contributed by atoms with E-state index in [2.05, 4.69) is 59.3 Å². The Balaban J connectivity index is 0.00000338. The van der Waals surface area contributed by atoms with Crippen molar-refractivity contribution in [2.45, 2.75) is 46.1 Å². The van der Waals surface area contributed by atoms with Gasteiger partial charge in [0.15, 0.2) is 5.96 Å². The van der Waals surface area contributed by atoms with Crippen molar-refractivity contribution in [2.75, 3.05) is 33.2 Å². The zero-order valence-corrected chi connectivity index (χ0v) is 19.3. The fraction of sp³-hybridized carbons (Fsp3) is 0.700. The van der Waals surface area contributed by atoms with Crippen LogP contribution in [-0.2, 0) is 6.42 Å². The van der Waals surface area contributed by atoms with Crippen molar-refractivity contribution in [1.82, 2.24) is 20.5 Å². The highest BCUT2D eigenvalue weighted by atomic mass is 127. The minimum atomic E-state index is 0. The molecule has 0 radical (unpaired) electrons. The van der Waals surface area contributed by atoms with E-state index >= 15 is 0 Å². The lowest BCUT2D eigenvalue weighted by Crippen LogP contribution is -2.57. The van der Waals surface area contributed by atoms with Crippen molar-refractivity contribution in [3.63, 3.8) is 0 Å². The summed E-state index contributed by atoms with van der Waals surface area (Å²) < 4.78 is 0. The van der Waals surface area contributed by atoms with Gasteiger partial charge in [-0.3, -0.25) is 14.9 Å². The van der Waals surface area contributed by atoms with E-state index in [0.717, 1.165) is 43.0 Å². The summed E-state index contributed by atoms with van der Waals surface area (Å²) in [6.07, 6.45) is 4.08. The number of aliphatic imine (C=N–C) groups is 1. The van der Waals surface area contributed by atoms with E-state index in [4.69, 9.17) is 0 Å². The molecular formula is C20H36IN5. The number of pyridine rings is 1. The summed E-state index contributed by atoms with van der Waals surface area (Å²) in [6, 6.07) is 6.03. The van der Waals surface area contributed by atoms with Crippen LogP contribution in [0.5, 0.6) is 0 Å². The molecule has 1 aromatic rings. The summed E-state index contributed by atoms with van der Waals surface area (Å²) in [4.78, 5) is 11.3. The summed E-state index contributed by atoms with van der Waals surface area (Å²) in [7, 11) is 1.83. The topological polar surface area (TPSA) is 52.6 Å². The monoisotopic (exact) mass is 473 g/mol. The van der Waals surface area contributed by atoms with Gasteiger partial charge in [-0.05, 0) is 44.2 Å². The largest absolute Gasteiger partial charge is 0.356 e. The minimum Gasteiger partial charge on any atom is -0.356 e. The third-order valence-corrected chi connectivity index (χ3v) is 5.04. The number of likely N-dealkylation sites (tertiary alicyclic amines) is 1.